The first-order valence-corrected chi connectivity index (χ1v) is 7.07. The van der Waals surface area contributed by atoms with Gasteiger partial charge in [0, 0.05) is 0 Å². The fourth-order valence-electron chi connectivity index (χ4n) is 2.26. The van der Waals surface area contributed by atoms with Crippen LogP contribution >= 0.6 is 0 Å². The van der Waals surface area contributed by atoms with Crippen LogP contribution in [0.4, 0.5) is 4.39 Å². The molecule has 2 rings (SSSR count). The zero-order valence-corrected chi connectivity index (χ0v) is 12.4. The van der Waals surface area contributed by atoms with E-state index in [1.54, 1.807) is 0 Å². The molecule has 20 heavy (non-hydrogen) atoms. The zero-order valence-electron chi connectivity index (χ0n) is 12.4. The van der Waals surface area contributed by atoms with Crippen molar-refractivity contribution in [2.45, 2.75) is 19.3 Å². The standard InChI is InChI=1S/C18H22FN/c1-14(12-13-20(2)3)15-4-6-16(7-5-15)17-8-10-18(19)11-9-17/h4-11,14H,12-13H2,1-3H3. The minimum absolute atomic E-state index is 0.192. The van der Waals surface area contributed by atoms with Gasteiger partial charge in [0.1, 0.15) is 5.82 Å². The lowest BCUT2D eigenvalue weighted by atomic mass is 9.95. The molecule has 0 aliphatic carbocycles. The number of hydrogen-bond donors (Lipinski definition) is 0. The SMILES string of the molecule is CC(CCN(C)C)c1ccc(-c2ccc(F)cc2)cc1. The molecule has 0 saturated heterocycles. The molecule has 0 amide bonds. The molecule has 2 aromatic carbocycles. The summed E-state index contributed by atoms with van der Waals surface area (Å²) in [6.45, 7) is 3.36. The second-order valence-electron chi connectivity index (χ2n) is 5.62. The van der Waals surface area contributed by atoms with Gasteiger partial charge in [0.2, 0.25) is 0 Å². The van der Waals surface area contributed by atoms with E-state index in [1.807, 2.05) is 12.1 Å². The third kappa shape index (κ3) is 3.91. The molecule has 0 spiro atoms. The molecule has 0 bridgehead atoms. The molecule has 1 nitrogen and oxygen atoms in total. The molecule has 0 aliphatic heterocycles. The first kappa shape index (κ1) is 14.7. The normalized spacial score (nSPS) is 12.7. The highest BCUT2D eigenvalue weighted by Gasteiger charge is 2.06. The van der Waals surface area contributed by atoms with Crippen molar-refractivity contribution in [3.8, 4) is 11.1 Å². The van der Waals surface area contributed by atoms with E-state index in [1.165, 1.54) is 17.7 Å². The predicted molar refractivity (Wildman–Crippen MR) is 83.4 cm³/mol. The number of hydrogen-bond acceptors (Lipinski definition) is 1. The van der Waals surface area contributed by atoms with Crippen molar-refractivity contribution in [1.82, 2.24) is 4.90 Å². The molecule has 0 heterocycles. The second-order valence-corrected chi connectivity index (χ2v) is 5.62. The Labute approximate surface area is 121 Å². The van der Waals surface area contributed by atoms with Gasteiger partial charge < -0.3 is 4.90 Å². The Morgan fingerprint density at radius 3 is 1.90 bits per heavy atom. The summed E-state index contributed by atoms with van der Waals surface area (Å²) in [4.78, 5) is 2.21. The van der Waals surface area contributed by atoms with Gasteiger partial charge in [0.15, 0.2) is 0 Å². The minimum Gasteiger partial charge on any atom is -0.309 e. The maximum absolute atomic E-state index is 12.9. The summed E-state index contributed by atoms with van der Waals surface area (Å²) in [5.74, 6) is 0.363. The summed E-state index contributed by atoms with van der Waals surface area (Å²) < 4.78 is 12.9. The Kier molecular flexibility index (Phi) is 4.91. The first-order chi connectivity index (χ1) is 9.56. The van der Waals surface area contributed by atoms with Gasteiger partial charge in [-0.15, -0.1) is 0 Å². The van der Waals surface area contributed by atoms with E-state index in [-0.39, 0.29) is 5.82 Å². The Morgan fingerprint density at radius 1 is 0.900 bits per heavy atom. The molecular formula is C18H22FN. The van der Waals surface area contributed by atoms with Crippen LogP contribution in [-0.4, -0.2) is 25.5 Å². The predicted octanol–water partition coefficient (Wildman–Crippen LogP) is 4.55. The number of nitrogens with zero attached hydrogens (tertiary/aromatic N) is 1. The van der Waals surface area contributed by atoms with Gasteiger partial charge in [0.25, 0.3) is 0 Å². The van der Waals surface area contributed by atoms with E-state index < -0.39 is 0 Å². The van der Waals surface area contributed by atoms with Crippen LogP contribution in [0.5, 0.6) is 0 Å². The molecule has 0 fully saturated rings. The van der Waals surface area contributed by atoms with Gasteiger partial charge in [0.05, 0.1) is 0 Å². The van der Waals surface area contributed by atoms with E-state index in [0.717, 1.165) is 24.1 Å². The molecule has 0 saturated carbocycles. The van der Waals surface area contributed by atoms with Gasteiger partial charge in [-0.3, -0.25) is 0 Å². The molecule has 0 N–H and O–H groups in total. The number of rotatable bonds is 5. The minimum atomic E-state index is -0.192. The van der Waals surface area contributed by atoms with E-state index in [9.17, 15) is 4.39 Å². The Balaban J connectivity index is 2.07. The summed E-state index contributed by atoms with van der Waals surface area (Å²) in [5.41, 5.74) is 3.55. The maximum atomic E-state index is 12.9. The Hall–Kier alpha value is -1.67. The average molecular weight is 271 g/mol. The fourth-order valence-corrected chi connectivity index (χ4v) is 2.26. The summed E-state index contributed by atoms with van der Waals surface area (Å²) in [6, 6.07) is 15.2. The van der Waals surface area contributed by atoms with Crippen molar-refractivity contribution in [2.75, 3.05) is 20.6 Å². The van der Waals surface area contributed by atoms with E-state index in [2.05, 4.69) is 50.2 Å². The summed E-state index contributed by atoms with van der Waals surface area (Å²) in [6.07, 6.45) is 1.16. The molecule has 0 aromatic heterocycles. The van der Waals surface area contributed by atoms with Gasteiger partial charge in [-0.2, -0.15) is 0 Å². The van der Waals surface area contributed by atoms with Crippen LogP contribution in [0.2, 0.25) is 0 Å². The van der Waals surface area contributed by atoms with E-state index >= 15 is 0 Å². The smallest absolute Gasteiger partial charge is 0.123 e. The molecule has 2 aromatic rings. The monoisotopic (exact) mass is 271 g/mol. The van der Waals surface area contributed by atoms with Crippen LogP contribution in [0.25, 0.3) is 11.1 Å². The average Bonchev–Trinajstić information content (AvgIpc) is 2.46. The van der Waals surface area contributed by atoms with Crippen molar-refractivity contribution < 1.29 is 4.39 Å². The van der Waals surface area contributed by atoms with Crippen molar-refractivity contribution in [1.29, 1.82) is 0 Å². The van der Waals surface area contributed by atoms with Crippen LogP contribution in [0.1, 0.15) is 24.8 Å². The quantitative estimate of drug-likeness (QED) is 0.771. The van der Waals surface area contributed by atoms with E-state index in [4.69, 9.17) is 0 Å². The summed E-state index contributed by atoms with van der Waals surface area (Å²) in [7, 11) is 4.20. The zero-order chi connectivity index (χ0) is 14.5. The number of halogens is 1. The molecule has 0 radical (unpaired) electrons. The van der Waals surface area contributed by atoms with Crippen molar-refractivity contribution in [2.24, 2.45) is 0 Å². The van der Waals surface area contributed by atoms with Crippen molar-refractivity contribution >= 4 is 0 Å². The highest BCUT2D eigenvalue weighted by molar-refractivity contribution is 5.63. The lowest BCUT2D eigenvalue weighted by Gasteiger charge is -2.16. The van der Waals surface area contributed by atoms with Gasteiger partial charge >= 0.3 is 0 Å². The van der Waals surface area contributed by atoms with Crippen LogP contribution < -0.4 is 0 Å². The van der Waals surface area contributed by atoms with Crippen molar-refractivity contribution in [3.63, 3.8) is 0 Å². The van der Waals surface area contributed by atoms with Gasteiger partial charge in [-0.25, -0.2) is 4.39 Å². The largest absolute Gasteiger partial charge is 0.309 e. The van der Waals surface area contributed by atoms with E-state index in [0.29, 0.717) is 5.92 Å². The second kappa shape index (κ2) is 6.67. The third-order valence-electron chi connectivity index (χ3n) is 3.67. The topological polar surface area (TPSA) is 3.24 Å². The van der Waals surface area contributed by atoms with Gasteiger partial charge in [-0.05, 0) is 61.8 Å². The van der Waals surface area contributed by atoms with Crippen LogP contribution in [0.3, 0.4) is 0 Å². The summed E-state index contributed by atoms with van der Waals surface area (Å²) in [5, 5.41) is 0. The maximum Gasteiger partial charge on any atom is 0.123 e. The lowest BCUT2D eigenvalue weighted by Crippen LogP contribution is -2.14. The lowest BCUT2D eigenvalue weighted by molar-refractivity contribution is 0.386. The van der Waals surface area contributed by atoms with Crippen molar-refractivity contribution in [3.05, 3.63) is 59.9 Å². The summed E-state index contributed by atoms with van der Waals surface area (Å²) >= 11 is 0. The molecule has 0 aliphatic rings. The van der Waals surface area contributed by atoms with Gasteiger partial charge in [-0.1, -0.05) is 43.3 Å². The fraction of sp³-hybridized carbons (Fsp3) is 0.333. The molecule has 1 atom stereocenters. The van der Waals surface area contributed by atoms with Crippen LogP contribution in [0.15, 0.2) is 48.5 Å². The highest BCUT2D eigenvalue weighted by atomic mass is 19.1. The Morgan fingerprint density at radius 2 is 1.40 bits per heavy atom. The number of benzene rings is 2. The first-order valence-electron chi connectivity index (χ1n) is 7.07. The van der Waals surface area contributed by atoms with Crippen LogP contribution in [-0.2, 0) is 0 Å². The molecular weight excluding hydrogens is 249 g/mol. The molecule has 2 heteroatoms. The highest BCUT2D eigenvalue weighted by Crippen LogP contribution is 2.24. The third-order valence-corrected chi connectivity index (χ3v) is 3.67. The molecule has 106 valence electrons. The van der Waals surface area contributed by atoms with Crippen LogP contribution in [0, 0.1) is 5.82 Å². The molecule has 1 unspecified atom stereocenters. The Bertz CT molecular complexity index is 528.